The predicted molar refractivity (Wildman–Crippen MR) is 121 cm³/mol. The normalized spacial score (nSPS) is 16.2. The minimum atomic E-state index is -4.34. The minimum Gasteiger partial charge on any atom is -0.357 e. The first-order valence-corrected chi connectivity index (χ1v) is 9.87. The van der Waals surface area contributed by atoms with Crippen molar-refractivity contribution in [3.63, 3.8) is 0 Å². The van der Waals surface area contributed by atoms with E-state index in [1.165, 1.54) is 18.5 Å². The van der Waals surface area contributed by atoms with Gasteiger partial charge in [0.05, 0.1) is 5.56 Å². The third-order valence-corrected chi connectivity index (χ3v) is 5.49. The van der Waals surface area contributed by atoms with Crippen molar-refractivity contribution in [3.8, 4) is 0 Å². The van der Waals surface area contributed by atoms with Gasteiger partial charge in [-0.15, -0.1) is 24.0 Å². The Bertz CT molecular complexity index is 843. The van der Waals surface area contributed by atoms with Crippen LogP contribution < -0.4 is 10.6 Å². The number of benzene rings is 1. The Hall–Kier alpha value is -1.85. The van der Waals surface area contributed by atoms with Gasteiger partial charge in [-0.2, -0.15) is 18.3 Å². The van der Waals surface area contributed by atoms with Crippen molar-refractivity contribution in [3.05, 3.63) is 47.5 Å². The number of rotatable bonds is 6. The maximum atomic E-state index is 13.2. The first-order valence-electron chi connectivity index (χ1n) is 9.87. The van der Waals surface area contributed by atoms with Crippen molar-refractivity contribution in [1.29, 1.82) is 0 Å². The number of nitrogens with zero attached hydrogens (tertiary/aromatic N) is 4. The van der Waals surface area contributed by atoms with Crippen LogP contribution in [0.25, 0.3) is 0 Å². The molecule has 0 amide bonds. The van der Waals surface area contributed by atoms with Crippen LogP contribution in [0.4, 0.5) is 13.2 Å². The molecule has 0 spiro atoms. The summed E-state index contributed by atoms with van der Waals surface area (Å²) in [6.45, 7) is 3.54. The van der Waals surface area contributed by atoms with Crippen LogP contribution in [0.1, 0.15) is 49.6 Å². The number of guanidine groups is 1. The number of aromatic nitrogens is 3. The summed E-state index contributed by atoms with van der Waals surface area (Å²) in [6.07, 6.45) is 0.852. The van der Waals surface area contributed by atoms with Gasteiger partial charge < -0.3 is 10.6 Å². The number of nitrogens with one attached hydrogen (secondary N) is 2. The van der Waals surface area contributed by atoms with Gasteiger partial charge in [-0.05, 0) is 31.4 Å². The maximum Gasteiger partial charge on any atom is 0.416 e. The Morgan fingerprint density at radius 3 is 2.57 bits per heavy atom. The summed E-state index contributed by atoms with van der Waals surface area (Å²) in [7, 11) is 1.80. The van der Waals surface area contributed by atoms with E-state index in [4.69, 9.17) is 0 Å². The van der Waals surface area contributed by atoms with E-state index in [0.717, 1.165) is 43.1 Å². The summed E-state index contributed by atoms with van der Waals surface area (Å²) in [5.74, 6) is 1.35. The van der Waals surface area contributed by atoms with Crippen LogP contribution in [0.2, 0.25) is 0 Å². The summed E-state index contributed by atoms with van der Waals surface area (Å²) in [5.41, 5.74) is -0.187. The molecule has 1 aliphatic rings. The predicted octanol–water partition coefficient (Wildman–Crippen LogP) is 4.02. The van der Waals surface area contributed by atoms with E-state index in [2.05, 4.69) is 25.7 Å². The van der Waals surface area contributed by atoms with E-state index >= 15 is 0 Å². The Balaban J connectivity index is 0.00000320. The molecule has 2 N–H and O–H groups in total. The van der Waals surface area contributed by atoms with E-state index in [9.17, 15) is 13.2 Å². The molecule has 0 radical (unpaired) electrons. The third kappa shape index (κ3) is 5.86. The highest BCUT2D eigenvalue weighted by atomic mass is 127. The fourth-order valence-corrected chi connectivity index (χ4v) is 3.85. The van der Waals surface area contributed by atoms with Crippen molar-refractivity contribution >= 4 is 29.9 Å². The van der Waals surface area contributed by atoms with E-state index < -0.39 is 11.7 Å². The molecule has 0 atom stereocenters. The molecule has 1 heterocycles. The standard InChI is InChI=1S/C20H27F3N6.HI/c1-3-24-18(25-12-17-27-14-28-29(17)2)26-13-19(9-4-5-10-19)15-7-6-8-16(11-15)20(21,22)23;/h6-8,11,14H,3-5,9-10,12-13H2,1-2H3,(H2,24,25,26);1H. The van der Waals surface area contributed by atoms with Crippen LogP contribution in [-0.4, -0.2) is 33.8 Å². The van der Waals surface area contributed by atoms with Gasteiger partial charge in [-0.3, -0.25) is 4.68 Å². The fraction of sp³-hybridized carbons (Fsp3) is 0.550. The van der Waals surface area contributed by atoms with Crippen molar-refractivity contribution in [2.75, 3.05) is 13.1 Å². The summed E-state index contributed by atoms with van der Waals surface area (Å²) in [4.78, 5) is 8.71. The Morgan fingerprint density at radius 2 is 1.97 bits per heavy atom. The largest absolute Gasteiger partial charge is 0.416 e. The number of alkyl halides is 3. The third-order valence-electron chi connectivity index (χ3n) is 5.49. The average molecular weight is 536 g/mol. The molecular formula is C20H28F3IN6. The van der Waals surface area contributed by atoms with Gasteiger partial charge in [0.2, 0.25) is 0 Å². The first kappa shape index (κ1) is 24.4. The molecule has 30 heavy (non-hydrogen) atoms. The van der Waals surface area contributed by atoms with Crippen LogP contribution in [0, 0.1) is 0 Å². The molecule has 1 fully saturated rings. The average Bonchev–Trinajstić information content (AvgIpc) is 3.33. The second-order valence-electron chi connectivity index (χ2n) is 7.41. The highest BCUT2D eigenvalue weighted by Crippen LogP contribution is 2.42. The van der Waals surface area contributed by atoms with Gasteiger partial charge in [-0.25, -0.2) is 9.98 Å². The Morgan fingerprint density at radius 1 is 1.23 bits per heavy atom. The van der Waals surface area contributed by atoms with Crippen LogP contribution in [0.3, 0.4) is 0 Å². The van der Waals surface area contributed by atoms with E-state index in [0.29, 0.717) is 25.6 Å². The molecule has 1 saturated carbocycles. The molecular weight excluding hydrogens is 508 g/mol. The van der Waals surface area contributed by atoms with Crippen molar-refractivity contribution in [2.45, 2.75) is 50.7 Å². The van der Waals surface area contributed by atoms with Crippen molar-refractivity contribution < 1.29 is 13.2 Å². The van der Waals surface area contributed by atoms with Crippen LogP contribution in [0.5, 0.6) is 0 Å². The zero-order valence-corrected chi connectivity index (χ0v) is 19.5. The molecule has 0 unspecified atom stereocenters. The molecule has 2 aromatic rings. The number of hydrogen-bond acceptors (Lipinski definition) is 3. The fourth-order valence-electron chi connectivity index (χ4n) is 3.85. The molecule has 1 aromatic heterocycles. The number of aliphatic imine (C=N–C) groups is 1. The second kappa shape index (κ2) is 10.5. The summed E-state index contributed by atoms with van der Waals surface area (Å²) < 4.78 is 41.3. The molecule has 10 heteroatoms. The molecule has 0 saturated heterocycles. The van der Waals surface area contributed by atoms with Gasteiger partial charge in [0, 0.05) is 25.6 Å². The first-order chi connectivity index (χ1) is 13.8. The monoisotopic (exact) mass is 536 g/mol. The molecule has 3 rings (SSSR count). The number of halogens is 4. The van der Waals surface area contributed by atoms with Gasteiger partial charge >= 0.3 is 6.18 Å². The molecule has 0 aliphatic heterocycles. The quantitative estimate of drug-likeness (QED) is 0.333. The van der Waals surface area contributed by atoms with Crippen molar-refractivity contribution in [2.24, 2.45) is 12.0 Å². The molecule has 0 bridgehead atoms. The van der Waals surface area contributed by atoms with Gasteiger partial charge in [0.1, 0.15) is 18.7 Å². The lowest BCUT2D eigenvalue weighted by Gasteiger charge is -2.31. The zero-order valence-electron chi connectivity index (χ0n) is 17.2. The van der Waals surface area contributed by atoms with E-state index in [1.54, 1.807) is 11.7 Å². The SMILES string of the molecule is CCNC(=NCc1ncnn1C)NCC1(c2cccc(C(F)(F)F)c2)CCCC1.I. The summed E-state index contributed by atoms with van der Waals surface area (Å²) >= 11 is 0. The topological polar surface area (TPSA) is 67.1 Å². The van der Waals surface area contributed by atoms with Crippen LogP contribution in [-0.2, 0) is 25.2 Å². The van der Waals surface area contributed by atoms with E-state index in [1.807, 2.05) is 13.0 Å². The number of aryl methyl sites for hydroxylation is 1. The summed E-state index contributed by atoms with van der Waals surface area (Å²) in [6, 6.07) is 5.75. The number of hydrogen-bond donors (Lipinski definition) is 2. The maximum absolute atomic E-state index is 13.2. The Labute approximate surface area is 191 Å². The Kier molecular flexibility index (Phi) is 8.51. The molecule has 1 aromatic carbocycles. The van der Waals surface area contributed by atoms with Crippen LogP contribution >= 0.6 is 24.0 Å². The van der Waals surface area contributed by atoms with Gasteiger partial charge in [-0.1, -0.05) is 31.0 Å². The van der Waals surface area contributed by atoms with E-state index in [-0.39, 0.29) is 29.4 Å². The lowest BCUT2D eigenvalue weighted by molar-refractivity contribution is -0.137. The lowest BCUT2D eigenvalue weighted by Crippen LogP contribution is -2.44. The van der Waals surface area contributed by atoms with Crippen molar-refractivity contribution in [1.82, 2.24) is 25.4 Å². The smallest absolute Gasteiger partial charge is 0.357 e. The summed E-state index contributed by atoms with van der Waals surface area (Å²) in [5, 5.41) is 10.6. The highest BCUT2D eigenvalue weighted by molar-refractivity contribution is 14.0. The highest BCUT2D eigenvalue weighted by Gasteiger charge is 2.38. The van der Waals surface area contributed by atoms with Gasteiger partial charge in [0.25, 0.3) is 0 Å². The van der Waals surface area contributed by atoms with Gasteiger partial charge in [0.15, 0.2) is 5.96 Å². The second-order valence-corrected chi connectivity index (χ2v) is 7.41. The van der Waals surface area contributed by atoms with Crippen LogP contribution in [0.15, 0.2) is 35.6 Å². The molecule has 1 aliphatic carbocycles. The minimum absolute atomic E-state index is 0. The lowest BCUT2D eigenvalue weighted by atomic mass is 9.78. The molecule has 6 nitrogen and oxygen atoms in total. The molecule has 166 valence electrons. The zero-order chi connectivity index (χ0) is 20.9.